The van der Waals surface area contributed by atoms with Gasteiger partial charge in [-0.15, -0.1) is 0 Å². The number of carbonyl (C=O) groups is 1. The van der Waals surface area contributed by atoms with Gasteiger partial charge in [-0.05, 0) is 19.3 Å². The van der Waals surface area contributed by atoms with Crippen molar-refractivity contribution in [1.82, 2.24) is 0 Å². The maximum atomic E-state index is 12.4. The molecule has 0 aromatic carbocycles. The highest BCUT2D eigenvalue weighted by atomic mass is 16.7. The monoisotopic (exact) mass is 284 g/mol. The van der Waals surface area contributed by atoms with Crippen LogP contribution in [-0.4, -0.2) is 55.0 Å². The molecule has 1 N–H and O–H groups in total. The van der Waals surface area contributed by atoms with Crippen LogP contribution in [0.1, 0.15) is 32.1 Å². The van der Waals surface area contributed by atoms with Crippen molar-refractivity contribution in [3.05, 3.63) is 0 Å². The molecule has 2 aliphatic carbocycles. The second-order valence-electron chi connectivity index (χ2n) is 6.36. The zero-order valence-electron chi connectivity index (χ0n) is 11.6. The molecule has 0 amide bonds. The lowest BCUT2D eigenvalue weighted by atomic mass is 9.56. The van der Waals surface area contributed by atoms with Crippen LogP contribution in [0.3, 0.4) is 0 Å². The van der Waals surface area contributed by atoms with E-state index in [1.807, 2.05) is 0 Å². The number of carbonyl (C=O) groups excluding carboxylic acids is 1. The Kier molecular flexibility index (Phi) is 2.56. The fraction of sp³-hybridized carbons (Fsp3) is 0.929. The SMILES string of the molecule is COC(=O)[C@@]12CCC[C@H]3O[C@]31CC1(C[C@H]2O)OCCO1. The van der Waals surface area contributed by atoms with E-state index in [2.05, 4.69) is 0 Å². The average Bonchev–Trinajstić information content (AvgIpc) is 2.98. The van der Waals surface area contributed by atoms with E-state index < -0.39 is 22.9 Å². The van der Waals surface area contributed by atoms with Gasteiger partial charge in [0.15, 0.2) is 5.79 Å². The topological polar surface area (TPSA) is 77.5 Å². The van der Waals surface area contributed by atoms with E-state index in [1.54, 1.807) is 0 Å². The summed E-state index contributed by atoms with van der Waals surface area (Å²) in [6.07, 6.45) is 2.36. The molecule has 6 heteroatoms. The van der Waals surface area contributed by atoms with Crippen LogP contribution in [-0.2, 0) is 23.7 Å². The highest BCUT2D eigenvalue weighted by Gasteiger charge is 2.80. The van der Waals surface area contributed by atoms with Crippen LogP contribution >= 0.6 is 0 Å². The molecule has 0 aromatic heterocycles. The molecule has 20 heavy (non-hydrogen) atoms. The quantitative estimate of drug-likeness (QED) is 0.553. The molecule has 2 aliphatic heterocycles. The first-order valence-electron chi connectivity index (χ1n) is 7.31. The van der Waals surface area contributed by atoms with Crippen LogP contribution in [0.2, 0.25) is 0 Å². The summed E-state index contributed by atoms with van der Waals surface area (Å²) in [6, 6.07) is 0. The number of aliphatic hydroxyl groups is 1. The van der Waals surface area contributed by atoms with Gasteiger partial charge in [-0.25, -0.2) is 0 Å². The fourth-order valence-corrected chi connectivity index (χ4v) is 4.70. The first-order valence-corrected chi connectivity index (χ1v) is 7.31. The molecule has 0 radical (unpaired) electrons. The van der Waals surface area contributed by atoms with Crippen molar-refractivity contribution in [2.45, 2.75) is 55.7 Å². The van der Waals surface area contributed by atoms with Crippen LogP contribution in [0.5, 0.6) is 0 Å². The maximum Gasteiger partial charge on any atom is 0.317 e. The van der Waals surface area contributed by atoms with Gasteiger partial charge in [0, 0.05) is 12.8 Å². The molecule has 4 atom stereocenters. The summed E-state index contributed by atoms with van der Waals surface area (Å²) in [4.78, 5) is 12.4. The summed E-state index contributed by atoms with van der Waals surface area (Å²) in [5.74, 6) is -1.15. The molecule has 4 aliphatic rings. The second kappa shape index (κ2) is 3.94. The third-order valence-corrected chi connectivity index (χ3v) is 5.58. The van der Waals surface area contributed by atoms with Crippen molar-refractivity contribution in [2.75, 3.05) is 20.3 Å². The predicted molar refractivity (Wildman–Crippen MR) is 65.8 cm³/mol. The van der Waals surface area contributed by atoms with Crippen molar-refractivity contribution in [3.63, 3.8) is 0 Å². The molecule has 2 saturated carbocycles. The van der Waals surface area contributed by atoms with Gasteiger partial charge in [0.1, 0.15) is 11.0 Å². The third-order valence-electron chi connectivity index (χ3n) is 5.58. The minimum Gasteiger partial charge on any atom is -0.468 e. The van der Waals surface area contributed by atoms with Crippen molar-refractivity contribution >= 4 is 5.97 Å². The third kappa shape index (κ3) is 1.35. The Bertz CT molecular complexity index is 445. The number of epoxide rings is 1. The van der Waals surface area contributed by atoms with Crippen LogP contribution in [0.25, 0.3) is 0 Å². The van der Waals surface area contributed by atoms with Gasteiger partial charge in [-0.2, -0.15) is 0 Å². The number of ether oxygens (including phenoxy) is 4. The molecule has 4 fully saturated rings. The molecule has 6 nitrogen and oxygen atoms in total. The summed E-state index contributed by atoms with van der Waals surface area (Å²) in [6.45, 7) is 1.05. The first-order chi connectivity index (χ1) is 9.59. The Morgan fingerprint density at radius 3 is 2.80 bits per heavy atom. The lowest BCUT2D eigenvalue weighted by Crippen LogP contribution is -2.64. The average molecular weight is 284 g/mol. The van der Waals surface area contributed by atoms with Gasteiger partial charge in [0.05, 0.1) is 32.5 Å². The smallest absolute Gasteiger partial charge is 0.317 e. The van der Waals surface area contributed by atoms with Crippen LogP contribution < -0.4 is 0 Å². The lowest BCUT2D eigenvalue weighted by Gasteiger charge is -2.50. The van der Waals surface area contributed by atoms with E-state index in [0.29, 0.717) is 32.5 Å². The fourth-order valence-electron chi connectivity index (χ4n) is 4.70. The Morgan fingerprint density at radius 2 is 2.10 bits per heavy atom. The zero-order chi connectivity index (χ0) is 14.0. The Labute approximate surface area is 117 Å². The van der Waals surface area contributed by atoms with Gasteiger partial charge < -0.3 is 24.1 Å². The van der Waals surface area contributed by atoms with E-state index in [0.717, 1.165) is 12.8 Å². The highest BCUT2D eigenvalue weighted by molar-refractivity contribution is 5.81. The van der Waals surface area contributed by atoms with Crippen LogP contribution in [0.4, 0.5) is 0 Å². The van der Waals surface area contributed by atoms with E-state index in [9.17, 15) is 9.90 Å². The maximum absolute atomic E-state index is 12.4. The summed E-state index contributed by atoms with van der Waals surface area (Å²) < 4.78 is 22.4. The van der Waals surface area contributed by atoms with Crippen molar-refractivity contribution in [2.24, 2.45) is 5.41 Å². The normalized spacial score (nSPS) is 48.5. The molecule has 2 heterocycles. The van der Waals surface area contributed by atoms with E-state index in [1.165, 1.54) is 7.11 Å². The molecule has 0 bridgehead atoms. The summed E-state index contributed by atoms with van der Waals surface area (Å²) in [7, 11) is 1.37. The van der Waals surface area contributed by atoms with Crippen LogP contribution in [0, 0.1) is 5.41 Å². The molecule has 4 rings (SSSR count). The molecule has 0 unspecified atom stereocenters. The molecular weight excluding hydrogens is 264 g/mol. The zero-order valence-corrected chi connectivity index (χ0v) is 11.6. The number of hydrogen-bond acceptors (Lipinski definition) is 6. The van der Waals surface area contributed by atoms with Gasteiger partial charge in [0.2, 0.25) is 0 Å². The summed E-state index contributed by atoms with van der Waals surface area (Å²) in [5.41, 5.74) is -1.62. The Hall–Kier alpha value is -0.690. The number of aliphatic hydroxyl groups excluding tert-OH is 1. The van der Waals surface area contributed by atoms with Gasteiger partial charge in [-0.3, -0.25) is 4.79 Å². The highest BCUT2D eigenvalue weighted by Crippen LogP contribution is 2.67. The number of hydrogen-bond donors (Lipinski definition) is 1. The summed E-state index contributed by atoms with van der Waals surface area (Å²) >= 11 is 0. The second-order valence-corrected chi connectivity index (χ2v) is 6.36. The number of rotatable bonds is 1. The van der Waals surface area contributed by atoms with E-state index in [-0.39, 0.29) is 12.1 Å². The van der Waals surface area contributed by atoms with Crippen molar-refractivity contribution in [3.8, 4) is 0 Å². The molecule has 2 spiro atoms. The standard InChI is InChI=1S/C14H20O6/c1-17-11(16)13-4-2-3-10-14(13,20-10)8-12(7-9(13)15)18-5-6-19-12/h9-10,15H,2-8H2,1H3/t9-,10-,13+,14-/m1/s1. The van der Waals surface area contributed by atoms with E-state index in [4.69, 9.17) is 18.9 Å². The van der Waals surface area contributed by atoms with Crippen molar-refractivity contribution < 1.29 is 28.8 Å². The lowest BCUT2D eigenvalue weighted by molar-refractivity contribution is -0.248. The van der Waals surface area contributed by atoms with E-state index >= 15 is 0 Å². The molecule has 2 saturated heterocycles. The number of methoxy groups -OCH3 is 1. The van der Waals surface area contributed by atoms with Gasteiger partial charge >= 0.3 is 5.97 Å². The largest absolute Gasteiger partial charge is 0.468 e. The Balaban J connectivity index is 1.76. The molecule has 112 valence electrons. The molecular formula is C14H20O6. The van der Waals surface area contributed by atoms with Crippen LogP contribution in [0.15, 0.2) is 0 Å². The van der Waals surface area contributed by atoms with Crippen molar-refractivity contribution in [1.29, 1.82) is 0 Å². The van der Waals surface area contributed by atoms with Gasteiger partial charge in [0.25, 0.3) is 0 Å². The first kappa shape index (κ1) is 13.0. The summed E-state index contributed by atoms with van der Waals surface area (Å²) in [5, 5.41) is 10.7. The minimum atomic E-state index is -0.953. The molecule has 0 aromatic rings. The predicted octanol–water partition coefficient (Wildman–Crippen LogP) is 0.365. The minimum absolute atomic E-state index is 0.00924. The van der Waals surface area contributed by atoms with Gasteiger partial charge in [-0.1, -0.05) is 0 Å². The number of esters is 1. The Morgan fingerprint density at radius 1 is 1.35 bits per heavy atom.